The van der Waals surface area contributed by atoms with E-state index in [0.717, 1.165) is 5.56 Å². The fourth-order valence-corrected chi connectivity index (χ4v) is 2.18. The Bertz CT molecular complexity index is 779. The summed E-state index contributed by atoms with van der Waals surface area (Å²) in [5.41, 5.74) is 2.32. The molecule has 2 aromatic carbocycles. The summed E-state index contributed by atoms with van der Waals surface area (Å²) in [5, 5.41) is 14.4. The number of ether oxygens (including phenoxy) is 1. The van der Waals surface area contributed by atoms with E-state index in [1.165, 1.54) is 6.07 Å². The first-order valence-electron chi connectivity index (χ1n) is 7.78. The minimum atomic E-state index is -0.290. The average molecular weight is 337 g/mol. The molecule has 2 rings (SSSR count). The first-order chi connectivity index (χ1) is 12.1. The largest absolute Gasteiger partial charge is 0.383 e. The number of amides is 2. The summed E-state index contributed by atoms with van der Waals surface area (Å²) in [5.74, 6) is -0.371. The Morgan fingerprint density at radius 1 is 1.16 bits per heavy atom. The Labute approximate surface area is 146 Å². The number of methoxy groups -OCH3 is 1. The van der Waals surface area contributed by atoms with Crippen molar-refractivity contribution >= 4 is 17.5 Å². The first-order valence-corrected chi connectivity index (χ1v) is 7.78. The molecule has 0 saturated heterocycles. The number of carbonyl (C=O) groups is 2. The highest BCUT2D eigenvalue weighted by atomic mass is 16.5. The molecule has 0 radical (unpaired) electrons. The van der Waals surface area contributed by atoms with Gasteiger partial charge in [0.2, 0.25) is 5.91 Å². The average Bonchev–Trinajstić information content (AvgIpc) is 2.63. The lowest BCUT2D eigenvalue weighted by Crippen LogP contribution is -2.28. The van der Waals surface area contributed by atoms with Gasteiger partial charge in [-0.05, 0) is 35.9 Å². The van der Waals surface area contributed by atoms with Gasteiger partial charge in [-0.3, -0.25) is 9.59 Å². The molecule has 0 bridgehead atoms. The molecule has 2 amide bonds. The minimum absolute atomic E-state index is 0.0813. The zero-order valence-corrected chi connectivity index (χ0v) is 13.9. The number of hydrogen-bond acceptors (Lipinski definition) is 4. The second-order valence-corrected chi connectivity index (χ2v) is 5.36. The summed E-state index contributed by atoms with van der Waals surface area (Å²) < 4.78 is 4.87. The van der Waals surface area contributed by atoms with E-state index in [0.29, 0.717) is 30.0 Å². The second-order valence-electron chi connectivity index (χ2n) is 5.36. The molecule has 128 valence electrons. The molecule has 0 aliphatic carbocycles. The van der Waals surface area contributed by atoms with Gasteiger partial charge in [-0.1, -0.05) is 18.2 Å². The van der Waals surface area contributed by atoms with Gasteiger partial charge in [0, 0.05) is 24.9 Å². The number of nitrogens with zero attached hydrogens (tertiary/aromatic N) is 1. The molecule has 2 aromatic rings. The Kier molecular flexibility index (Phi) is 6.69. The van der Waals surface area contributed by atoms with E-state index >= 15 is 0 Å². The Hall–Kier alpha value is -3.17. The van der Waals surface area contributed by atoms with E-state index in [4.69, 9.17) is 10.00 Å². The van der Waals surface area contributed by atoms with Crippen LogP contribution in [0.2, 0.25) is 0 Å². The van der Waals surface area contributed by atoms with Gasteiger partial charge in [0.1, 0.15) is 0 Å². The van der Waals surface area contributed by atoms with Crippen molar-refractivity contribution in [3.05, 3.63) is 65.2 Å². The van der Waals surface area contributed by atoms with Crippen molar-refractivity contribution in [1.82, 2.24) is 5.32 Å². The van der Waals surface area contributed by atoms with E-state index in [1.54, 1.807) is 49.6 Å². The van der Waals surface area contributed by atoms with Crippen LogP contribution in [0.5, 0.6) is 0 Å². The van der Waals surface area contributed by atoms with Crippen molar-refractivity contribution in [3.8, 4) is 6.07 Å². The van der Waals surface area contributed by atoms with Crippen LogP contribution >= 0.6 is 0 Å². The van der Waals surface area contributed by atoms with Crippen LogP contribution < -0.4 is 10.6 Å². The van der Waals surface area contributed by atoms with Crippen LogP contribution in [0.1, 0.15) is 21.5 Å². The molecule has 2 N–H and O–H groups in total. The number of nitrogens with one attached hydrogen (secondary N) is 2. The fourth-order valence-electron chi connectivity index (χ4n) is 2.18. The third-order valence-corrected chi connectivity index (χ3v) is 3.46. The summed E-state index contributed by atoms with van der Waals surface area (Å²) in [4.78, 5) is 23.9. The highest BCUT2D eigenvalue weighted by molar-refractivity contribution is 6.04. The first kappa shape index (κ1) is 18.2. The van der Waals surface area contributed by atoms with Crippen molar-refractivity contribution in [2.75, 3.05) is 25.6 Å². The van der Waals surface area contributed by atoms with Crippen LogP contribution in [0.25, 0.3) is 0 Å². The highest BCUT2D eigenvalue weighted by Gasteiger charge is 2.08. The summed E-state index contributed by atoms with van der Waals surface area (Å²) >= 11 is 0. The molecule has 0 spiro atoms. The van der Waals surface area contributed by atoms with Crippen LogP contribution in [0, 0.1) is 11.3 Å². The molecule has 0 heterocycles. The van der Waals surface area contributed by atoms with Crippen molar-refractivity contribution in [2.45, 2.75) is 6.42 Å². The number of rotatable bonds is 7. The molecule has 6 nitrogen and oxygen atoms in total. The maximum atomic E-state index is 12.2. The van der Waals surface area contributed by atoms with E-state index < -0.39 is 0 Å². The van der Waals surface area contributed by atoms with Crippen LogP contribution in [-0.4, -0.2) is 32.1 Å². The number of anilines is 1. The molecule has 0 saturated carbocycles. The Morgan fingerprint density at radius 2 is 1.92 bits per heavy atom. The maximum absolute atomic E-state index is 12.2. The normalized spacial score (nSPS) is 9.92. The Balaban J connectivity index is 1.92. The maximum Gasteiger partial charge on any atom is 0.255 e. The lowest BCUT2D eigenvalue weighted by molar-refractivity contribution is -0.120. The molecule has 0 fully saturated rings. The third kappa shape index (κ3) is 5.75. The van der Waals surface area contributed by atoms with Gasteiger partial charge >= 0.3 is 0 Å². The van der Waals surface area contributed by atoms with Gasteiger partial charge in [0.15, 0.2) is 0 Å². The lowest BCUT2D eigenvalue weighted by Gasteiger charge is -2.08. The van der Waals surface area contributed by atoms with Crippen LogP contribution in [0.3, 0.4) is 0 Å². The van der Waals surface area contributed by atoms with E-state index in [2.05, 4.69) is 10.6 Å². The Morgan fingerprint density at radius 3 is 2.60 bits per heavy atom. The summed E-state index contributed by atoms with van der Waals surface area (Å²) in [7, 11) is 1.58. The number of carbonyl (C=O) groups excluding carboxylic acids is 2. The van der Waals surface area contributed by atoms with Crippen molar-refractivity contribution < 1.29 is 14.3 Å². The zero-order chi connectivity index (χ0) is 18.1. The predicted molar refractivity (Wildman–Crippen MR) is 94.1 cm³/mol. The van der Waals surface area contributed by atoms with Crippen LogP contribution in [0.4, 0.5) is 5.69 Å². The molecule has 0 unspecified atom stereocenters. The monoisotopic (exact) mass is 337 g/mol. The second kappa shape index (κ2) is 9.21. The topological polar surface area (TPSA) is 91.2 Å². The van der Waals surface area contributed by atoms with Gasteiger partial charge in [0.25, 0.3) is 5.91 Å². The molecule has 6 heteroatoms. The lowest BCUT2D eigenvalue weighted by atomic mass is 10.1. The summed E-state index contributed by atoms with van der Waals surface area (Å²) in [6.45, 7) is 0.953. The van der Waals surface area contributed by atoms with E-state index in [-0.39, 0.29) is 18.2 Å². The third-order valence-electron chi connectivity index (χ3n) is 3.46. The zero-order valence-electron chi connectivity index (χ0n) is 13.9. The summed E-state index contributed by atoms with van der Waals surface area (Å²) in [6.07, 6.45) is 0.266. The van der Waals surface area contributed by atoms with Crippen LogP contribution in [0.15, 0.2) is 48.5 Å². The molecule has 0 atom stereocenters. The van der Waals surface area contributed by atoms with Gasteiger partial charge in [0.05, 0.1) is 24.7 Å². The number of benzene rings is 2. The van der Waals surface area contributed by atoms with Gasteiger partial charge in [-0.15, -0.1) is 0 Å². The van der Waals surface area contributed by atoms with E-state index in [9.17, 15) is 9.59 Å². The number of hydrogen-bond donors (Lipinski definition) is 2. The molecular formula is C19H19N3O3. The van der Waals surface area contributed by atoms with Gasteiger partial charge in [-0.25, -0.2) is 0 Å². The van der Waals surface area contributed by atoms with Crippen LogP contribution in [-0.2, 0) is 16.0 Å². The minimum Gasteiger partial charge on any atom is -0.383 e. The molecule has 0 aliphatic heterocycles. The smallest absolute Gasteiger partial charge is 0.255 e. The van der Waals surface area contributed by atoms with Gasteiger partial charge in [-0.2, -0.15) is 5.26 Å². The summed E-state index contributed by atoms with van der Waals surface area (Å²) in [6, 6.07) is 15.6. The van der Waals surface area contributed by atoms with E-state index in [1.807, 2.05) is 6.07 Å². The van der Waals surface area contributed by atoms with Crippen molar-refractivity contribution in [1.29, 1.82) is 5.26 Å². The van der Waals surface area contributed by atoms with Crippen molar-refractivity contribution in [2.24, 2.45) is 0 Å². The highest BCUT2D eigenvalue weighted by Crippen LogP contribution is 2.13. The SMILES string of the molecule is COCCNC(=O)Cc1ccc(NC(=O)c2cccc(C#N)c2)cc1. The predicted octanol–water partition coefficient (Wildman–Crippen LogP) is 2.12. The number of nitriles is 1. The molecule has 0 aliphatic rings. The molecule has 0 aromatic heterocycles. The molecular weight excluding hydrogens is 318 g/mol. The van der Waals surface area contributed by atoms with Crippen molar-refractivity contribution in [3.63, 3.8) is 0 Å². The van der Waals surface area contributed by atoms with Gasteiger partial charge < -0.3 is 15.4 Å². The quantitative estimate of drug-likeness (QED) is 0.757. The standard InChI is InChI=1S/C19H19N3O3/c1-25-10-9-21-18(23)12-14-5-7-17(8-6-14)22-19(24)16-4-2-3-15(11-16)13-20/h2-8,11H,9-10,12H2,1H3,(H,21,23)(H,22,24). The molecule has 25 heavy (non-hydrogen) atoms. The fraction of sp³-hybridized carbons (Fsp3) is 0.211.